The van der Waals surface area contributed by atoms with Gasteiger partial charge in [-0.15, -0.1) is 11.8 Å². The number of anilines is 2. The first-order chi connectivity index (χ1) is 15.0. The summed E-state index contributed by atoms with van der Waals surface area (Å²) >= 11 is 6.83. The van der Waals surface area contributed by atoms with Gasteiger partial charge in [-0.05, 0) is 73.7 Å². The van der Waals surface area contributed by atoms with Crippen LogP contribution < -0.4 is 15.4 Å². The fraction of sp³-hybridized carbons (Fsp3) is 0.125. The van der Waals surface area contributed by atoms with Gasteiger partial charge in [-0.3, -0.25) is 9.59 Å². The summed E-state index contributed by atoms with van der Waals surface area (Å²) in [6, 6.07) is 22.0. The molecule has 31 heavy (non-hydrogen) atoms. The van der Waals surface area contributed by atoms with Gasteiger partial charge in [-0.2, -0.15) is 0 Å². The Balaban J connectivity index is 1.57. The van der Waals surface area contributed by atoms with Crippen LogP contribution in [0.2, 0.25) is 0 Å². The molecule has 0 atom stereocenters. The third kappa shape index (κ3) is 6.41. The van der Waals surface area contributed by atoms with Crippen LogP contribution in [0.4, 0.5) is 11.4 Å². The number of carbonyl (C=O) groups excluding carboxylic acids is 2. The first-order valence-electron chi connectivity index (χ1n) is 9.54. The van der Waals surface area contributed by atoms with E-state index in [9.17, 15) is 9.59 Å². The van der Waals surface area contributed by atoms with Crippen LogP contribution in [-0.2, 0) is 0 Å². The summed E-state index contributed by atoms with van der Waals surface area (Å²) in [5.41, 5.74) is 2.83. The van der Waals surface area contributed by atoms with Crippen molar-refractivity contribution in [3.05, 3.63) is 83.9 Å². The van der Waals surface area contributed by atoms with Gasteiger partial charge in [0.05, 0.1) is 18.4 Å². The molecule has 0 saturated carbocycles. The lowest BCUT2D eigenvalue weighted by molar-refractivity contribution is 0.101. The van der Waals surface area contributed by atoms with E-state index in [0.717, 1.165) is 16.3 Å². The van der Waals surface area contributed by atoms with Crippen LogP contribution in [0, 0.1) is 0 Å². The largest absolute Gasteiger partial charge is 0.496 e. The fourth-order valence-electron chi connectivity index (χ4n) is 2.85. The van der Waals surface area contributed by atoms with Crippen LogP contribution in [0.25, 0.3) is 0 Å². The van der Waals surface area contributed by atoms with Gasteiger partial charge < -0.3 is 15.4 Å². The number of Topliss-reactive ketones (excluding diaryl/α,β-unsaturated/α-hetero) is 2. The summed E-state index contributed by atoms with van der Waals surface area (Å²) in [4.78, 5) is 24.9. The Morgan fingerprint density at radius 1 is 0.935 bits per heavy atom. The highest BCUT2D eigenvalue weighted by Crippen LogP contribution is 2.25. The number of methoxy groups -OCH3 is 1. The maximum absolute atomic E-state index is 12.6. The Bertz CT molecular complexity index is 1100. The number of thioether (sulfide) groups is 1. The first-order valence-corrected chi connectivity index (χ1v) is 10.9. The Hall–Kier alpha value is -3.16. The third-order valence-corrected chi connectivity index (χ3v) is 5.62. The molecule has 5 nitrogen and oxygen atoms in total. The molecule has 0 fully saturated rings. The van der Waals surface area contributed by atoms with E-state index >= 15 is 0 Å². The highest BCUT2D eigenvalue weighted by molar-refractivity contribution is 8.00. The van der Waals surface area contributed by atoms with Crippen molar-refractivity contribution in [2.45, 2.75) is 11.8 Å². The maximum Gasteiger partial charge on any atom is 0.176 e. The van der Waals surface area contributed by atoms with Crippen LogP contribution in [0.1, 0.15) is 27.6 Å². The number of hydrogen-bond donors (Lipinski definition) is 2. The van der Waals surface area contributed by atoms with E-state index in [1.54, 1.807) is 43.5 Å². The van der Waals surface area contributed by atoms with E-state index in [2.05, 4.69) is 10.6 Å². The molecule has 0 radical (unpaired) electrons. The lowest BCUT2D eigenvalue weighted by Gasteiger charge is -2.12. The van der Waals surface area contributed by atoms with Crippen molar-refractivity contribution in [1.82, 2.24) is 0 Å². The quantitative estimate of drug-likeness (QED) is 0.260. The Morgan fingerprint density at radius 3 is 2.35 bits per heavy atom. The number of ether oxygens (including phenoxy) is 1. The summed E-state index contributed by atoms with van der Waals surface area (Å²) < 4.78 is 5.27. The number of thiocarbonyl (C=S) groups is 1. The summed E-state index contributed by atoms with van der Waals surface area (Å²) in [6.07, 6.45) is 0. The summed E-state index contributed by atoms with van der Waals surface area (Å²) in [7, 11) is 1.56. The van der Waals surface area contributed by atoms with E-state index in [1.807, 2.05) is 36.4 Å². The van der Waals surface area contributed by atoms with Crippen molar-refractivity contribution >= 4 is 52.0 Å². The van der Waals surface area contributed by atoms with Gasteiger partial charge in [0.15, 0.2) is 16.7 Å². The van der Waals surface area contributed by atoms with Crippen molar-refractivity contribution < 1.29 is 14.3 Å². The molecule has 0 aliphatic carbocycles. The second-order valence-corrected chi connectivity index (χ2v) is 8.11. The number of benzene rings is 3. The van der Waals surface area contributed by atoms with Crippen molar-refractivity contribution in [1.29, 1.82) is 0 Å². The van der Waals surface area contributed by atoms with Gasteiger partial charge in [0, 0.05) is 21.8 Å². The molecule has 3 aromatic rings. The van der Waals surface area contributed by atoms with Gasteiger partial charge in [0.1, 0.15) is 5.75 Å². The number of rotatable bonds is 8. The predicted molar refractivity (Wildman–Crippen MR) is 131 cm³/mol. The Labute approximate surface area is 191 Å². The van der Waals surface area contributed by atoms with Gasteiger partial charge in [0.2, 0.25) is 0 Å². The third-order valence-electron chi connectivity index (χ3n) is 4.42. The van der Waals surface area contributed by atoms with Gasteiger partial charge >= 0.3 is 0 Å². The zero-order valence-electron chi connectivity index (χ0n) is 17.2. The minimum absolute atomic E-state index is 0.00649. The van der Waals surface area contributed by atoms with Crippen molar-refractivity contribution in [2.24, 2.45) is 0 Å². The van der Waals surface area contributed by atoms with E-state index in [0.29, 0.717) is 27.7 Å². The first kappa shape index (κ1) is 22.5. The lowest BCUT2D eigenvalue weighted by atomic mass is 10.1. The molecule has 2 N–H and O–H groups in total. The smallest absolute Gasteiger partial charge is 0.176 e. The van der Waals surface area contributed by atoms with E-state index < -0.39 is 0 Å². The minimum Gasteiger partial charge on any atom is -0.496 e. The molecule has 3 rings (SSSR count). The van der Waals surface area contributed by atoms with Crippen LogP contribution in [0.5, 0.6) is 5.75 Å². The number of carbonyl (C=O) groups is 2. The second-order valence-electron chi connectivity index (χ2n) is 6.65. The number of para-hydroxylation sites is 1. The normalized spacial score (nSPS) is 10.3. The molecule has 3 aromatic carbocycles. The van der Waals surface area contributed by atoms with E-state index in [4.69, 9.17) is 17.0 Å². The molecule has 0 aromatic heterocycles. The Morgan fingerprint density at radius 2 is 1.65 bits per heavy atom. The highest BCUT2D eigenvalue weighted by Gasteiger charge is 2.12. The number of nitrogens with one attached hydrogen (secondary N) is 2. The summed E-state index contributed by atoms with van der Waals surface area (Å²) in [5.74, 6) is 0.906. The summed E-state index contributed by atoms with van der Waals surface area (Å²) in [5, 5.41) is 6.67. The molecule has 158 valence electrons. The molecular weight excluding hydrogens is 428 g/mol. The lowest BCUT2D eigenvalue weighted by Crippen LogP contribution is -2.19. The number of hydrogen-bond acceptors (Lipinski definition) is 5. The topological polar surface area (TPSA) is 67.4 Å². The van der Waals surface area contributed by atoms with Crippen molar-refractivity contribution in [3.63, 3.8) is 0 Å². The van der Waals surface area contributed by atoms with Crippen LogP contribution in [-0.4, -0.2) is 29.5 Å². The average molecular weight is 451 g/mol. The molecule has 0 amide bonds. The predicted octanol–water partition coefficient (Wildman–Crippen LogP) is 5.68. The molecule has 0 bridgehead atoms. The molecule has 0 aliphatic heterocycles. The molecule has 0 saturated heterocycles. The zero-order valence-corrected chi connectivity index (χ0v) is 18.8. The van der Waals surface area contributed by atoms with Crippen molar-refractivity contribution in [3.8, 4) is 5.75 Å². The summed E-state index contributed by atoms with van der Waals surface area (Å²) in [6.45, 7) is 1.53. The molecule has 0 heterocycles. The highest BCUT2D eigenvalue weighted by atomic mass is 32.2. The number of ketones is 2. The standard InChI is InChI=1S/C24H22N2O3S2/c1-16(27)17-10-12-18(13-11-17)25-24(30)26-19-6-5-7-20(14-19)31-15-22(28)21-8-3-4-9-23(21)29-2/h3-14H,15H2,1-2H3,(H2,25,26,30). The molecule has 7 heteroatoms. The zero-order chi connectivity index (χ0) is 22.2. The molecule has 0 aliphatic rings. The fourth-order valence-corrected chi connectivity index (χ4v) is 3.92. The second kappa shape index (κ2) is 10.7. The van der Waals surface area contributed by atoms with Crippen LogP contribution >= 0.6 is 24.0 Å². The van der Waals surface area contributed by atoms with Crippen molar-refractivity contribution in [2.75, 3.05) is 23.5 Å². The minimum atomic E-state index is 0.00649. The van der Waals surface area contributed by atoms with Crippen LogP contribution in [0.3, 0.4) is 0 Å². The average Bonchev–Trinajstić information content (AvgIpc) is 2.78. The van der Waals surface area contributed by atoms with E-state index in [-0.39, 0.29) is 11.6 Å². The molecular formula is C24H22N2O3S2. The SMILES string of the molecule is COc1ccccc1C(=O)CSc1cccc(NC(=S)Nc2ccc(C(C)=O)cc2)c1. The van der Waals surface area contributed by atoms with Gasteiger partial charge in [0.25, 0.3) is 0 Å². The Kier molecular flexibility index (Phi) is 7.81. The van der Waals surface area contributed by atoms with Crippen LogP contribution in [0.15, 0.2) is 77.7 Å². The monoisotopic (exact) mass is 450 g/mol. The molecule has 0 spiro atoms. The maximum atomic E-state index is 12.6. The molecule has 0 unspecified atom stereocenters. The van der Waals surface area contributed by atoms with Gasteiger partial charge in [-0.25, -0.2) is 0 Å². The van der Waals surface area contributed by atoms with E-state index in [1.165, 1.54) is 18.7 Å². The van der Waals surface area contributed by atoms with Gasteiger partial charge in [-0.1, -0.05) is 18.2 Å².